The summed E-state index contributed by atoms with van der Waals surface area (Å²) in [6.45, 7) is 1.85. The van der Waals surface area contributed by atoms with Crippen molar-refractivity contribution in [3.05, 3.63) is 36.7 Å². The van der Waals surface area contributed by atoms with Crippen LogP contribution in [0.2, 0.25) is 0 Å². The molecule has 3 N–H and O–H groups in total. The number of phenolic OH excluding ortho intramolecular Hbond substituents is 1. The third-order valence-electron chi connectivity index (χ3n) is 5.01. The van der Waals surface area contributed by atoms with E-state index >= 15 is 0 Å². The number of carbonyl (C=O) groups is 1. The van der Waals surface area contributed by atoms with Crippen molar-refractivity contribution in [1.82, 2.24) is 20.1 Å². The normalized spacial score (nSPS) is 16.4. The Bertz CT molecular complexity index is 1010. The van der Waals surface area contributed by atoms with Gasteiger partial charge in [-0.05, 0) is 44.6 Å². The number of benzene rings is 1. The Morgan fingerprint density at radius 2 is 2.07 bits per heavy atom. The van der Waals surface area contributed by atoms with Gasteiger partial charge in [0.25, 0.3) is 6.47 Å². The molecular formula is C21H25N5O4. The second-order valence-corrected chi connectivity index (χ2v) is 7.05. The van der Waals surface area contributed by atoms with Crippen molar-refractivity contribution in [1.29, 1.82) is 0 Å². The molecule has 4 rings (SSSR count). The molecule has 0 bridgehead atoms. The summed E-state index contributed by atoms with van der Waals surface area (Å²) in [4.78, 5) is 14.9. The first kappa shape index (κ1) is 21.3. The van der Waals surface area contributed by atoms with Gasteiger partial charge >= 0.3 is 0 Å². The van der Waals surface area contributed by atoms with Crippen molar-refractivity contribution in [2.45, 2.75) is 18.9 Å². The Hall–Kier alpha value is -3.46. The molecule has 0 saturated carbocycles. The van der Waals surface area contributed by atoms with Crippen molar-refractivity contribution >= 4 is 23.1 Å². The number of piperidine rings is 1. The Kier molecular flexibility index (Phi) is 6.97. The number of ether oxygens (including phenoxy) is 1. The second kappa shape index (κ2) is 9.84. The van der Waals surface area contributed by atoms with Gasteiger partial charge in [-0.1, -0.05) is 0 Å². The summed E-state index contributed by atoms with van der Waals surface area (Å²) < 4.78 is 5.17. The fourth-order valence-corrected chi connectivity index (χ4v) is 3.62. The standard InChI is InChI=1S/C20H23N5O2.CH2O2/c1-25-9-3-4-13(12-25)22-20-17-11-21-8-7-15(17)19(23-24-20)16-6-5-14(27-2)10-18(16)26;2-1-3/h5-8,10-11,13,26H,3-4,9,12H2,1-2H3,(H,22,24);1H,(H,2,3)/t13-;/m1./s1. The zero-order valence-corrected chi connectivity index (χ0v) is 16.9. The lowest BCUT2D eigenvalue weighted by Crippen LogP contribution is -2.40. The van der Waals surface area contributed by atoms with Crippen LogP contribution in [-0.4, -0.2) is 70.1 Å². The Labute approximate surface area is 174 Å². The van der Waals surface area contributed by atoms with E-state index in [1.54, 1.807) is 37.7 Å². The SMILES string of the molecule is COc1ccc(-c2nnc(N[C@@H]3CCCN(C)C3)c3cnccc23)c(O)c1.O=CO. The number of carboxylic acid groups (broad SMARTS) is 1. The van der Waals surface area contributed by atoms with Gasteiger partial charge in [0, 0.05) is 47.4 Å². The van der Waals surface area contributed by atoms with Gasteiger partial charge in [-0.3, -0.25) is 9.78 Å². The summed E-state index contributed by atoms with van der Waals surface area (Å²) >= 11 is 0. The number of hydrogen-bond donors (Lipinski definition) is 3. The lowest BCUT2D eigenvalue weighted by Gasteiger charge is -2.30. The quantitative estimate of drug-likeness (QED) is 0.556. The van der Waals surface area contributed by atoms with Crippen LogP contribution in [0.5, 0.6) is 11.5 Å². The van der Waals surface area contributed by atoms with E-state index in [1.807, 2.05) is 6.07 Å². The van der Waals surface area contributed by atoms with Gasteiger partial charge < -0.3 is 25.2 Å². The maximum atomic E-state index is 10.4. The minimum Gasteiger partial charge on any atom is -0.507 e. The molecule has 2 aromatic heterocycles. The molecule has 3 heterocycles. The molecule has 0 spiro atoms. The summed E-state index contributed by atoms with van der Waals surface area (Å²) in [6.07, 6.45) is 5.79. The number of rotatable bonds is 4. The maximum Gasteiger partial charge on any atom is 0.290 e. The third-order valence-corrected chi connectivity index (χ3v) is 5.01. The predicted octanol–water partition coefficient (Wildman–Crippen LogP) is 2.61. The zero-order chi connectivity index (χ0) is 21.5. The largest absolute Gasteiger partial charge is 0.507 e. The molecule has 1 aliphatic rings. The van der Waals surface area contributed by atoms with E-state index in [-0.39, 0.29) is 12.2 Å². The lowest BCUT2D eigenvalue weighted by molar-refractivity contribution is -0.122. The maximum absolute atomic E-state index is 10.4. The molecule has 0 unspecified atom stereocenters. The third kappa shape index (κ3) is 4.74. The highest BCUT2D eigenvalue weighted by molar-refractivity contribution is 6.00. The molecule has 9 heteroatoms. The van der Waals surface area contributed by atoms with E-state index < -0.39 is 0 Å². The van der Waals surface area contributed by atoms with Crippen LogP contribution in [0.1, 0.15) is 12.8 Å². The summed E-state index contributed by atoms with van der Waals surface area (Å²) in [6, 6.07) is 7.41. The molecule has 0 amide bonds. The lowest BCUT2D eigenvalue weighted by atomic mass is 10.0. The molecule has 158 valence electrons. The molecule has 9 nitrogen and oxygen atoms in total. The van der Waals surface area contributed by atoms with Crippen LogP contribution in [-0.2, 0) is 4.79 Å². The fraction of sp³-hybridized carbons (Fsp3) is 0.333. The average Bonchev–Trinajstić information content (AvgIpc) is 2.75. The Morgan fingerprint density at radius 1 is 1.27 bits per heavy atom. The van der Waals surface area contributed by atoms with E-state index in [1.165, 1.54) is 0 Å². The number of pyridine rings is 1. The highest BCUT2D eigenvalue weighted by atomic mass is 16.5. The topological polar surface area (TPSA) is 121 Å². The van der Waals surface area contributed by atoms with Crippen LogP contribution in [0.4, 0.5) is 5.82 Å². The van der Waals surface area contributed by atoms with Crippen molar-refractivity contribution < 1.29 is 19.7 Å². The van der Waals surface area contributed by atoms with E-state index in [0.717, 1.165) is 42.5 Å². The molecule has 0 radical (unpaired) electrons. The van der Waals surface area contributed by atoms with Gasteiger partial charge in [0.05, 0.1) is 7.11 Å². The van der Waals surface area contributed by atoms with Gasteiger partial charge in [-0.2, -0.15) is 0 Å². The Balaban J connectivity index is 0.000000806. The van der Waals surface area contributed by atoms with Crippen LogP contribution < -0.4 is 10.1 Å². The van der Waals surface area contributed by atoms with Gasteiger partial charge in [0.2, 0.25) is 0 Å². The molecule has 1 aromatic carbocycles. The number of methoxy groups -OCH3 is 1. The van der Waals surface area contributed by atoms with Crippen molar-refractivity contribution in [2.24, 2.45) is 0 Å². The first-order valence-electron chi connectivity index (χ1n) is 9.58. The summed E-state index contributed by atoms with van der Waals surface area (Å²) in [7, 11) is 3.70. The van der Waals surface area contributed by atoms with Crippen molar-refractivity contribution in [3.63, 3.8) is 0 Å². The number of anilines is 1. The number of aromatic hydroxyl groups is 1. The van der Waals surface area contributed by atoms with Crippen LogP contribution in [0, 0.1) is 0 Å². The zero-order valence-electron chi connectivity index (χ0n) is 16.9. The first-order chi connectivity index (χ1) is 14.6. The molecule has 30 heavy (non-hydrogen) atoms. The number of phenols is 1. The second-order valence-electron chi connectivity index (χ2n) is 7.05. The van der Waals surface area contributed by atoms with E-state index in [9.17, 15) is 5.11 Å². The number of aromatic nitrogens is 3. The highest BCUT2D eigenvalue weighted by Crippen LogP contribution is 2.36. The molecule has 0 aliphatic carbocycles. The van der Waals surface area contributed by atoms with Crippen molar-refractivity contribution in [3.8, 4) is 22.8 Å². The van der Waals surface area contributed by atoms with Gasteiger partial charge in [0.15, 0.2) is 5.82 Å². The molecule has 1 aliphatic heterocycles. The molecular weight excluding hydrogens is 386 g/mol. The van der Waals surface area contributed by atoms with E-state index in [2.05, 4.69) is 32.4 Å². The predicted molar refractivity (Wildman–Crippen MR) is 114 cm³/mol. The van der Waals surface area contributed by atoms with Gasteiger partial charge in [-0.25, -0.2) is 0 Å². The monoisotopic (exact) mass is 411 g/mol. The minimum absolute atomic E-state index is 0.108. The molecule has 1 atom stereocenters. The summed E-state index contributed by atoms with van der Waals surface area (Å²) in [5, 5.41) is 31.5. The van der Waals surface area contributed by atoms with Crippen LogP contribution in [0.3, 0.4) is 0 Å². The van der Waals surface area contributed by atoms with Crippen molar-refractivity contribution in [2.75, 3.05) is 32.6 Å². The molecule has 1 saturated heterocycles. The van der Waals surface area contributed by atoms with Crippen LogP contribution in [0.25, 0.3) is 22.0 Å². The minimum atomic E-state index is -0.250. The Morgan fingerprint density at radius 3 is 2.77 bits per heavy atom. The van der Waals surface area contributed by atoms with Gasteiger partial charge in [-0.15, -0.1) is 10.2 Å². The number of likely N-dealkylation sites (N-methyl/N-ethyl adjacent to an activating group) is 1. The number of likely N-dealkylation sites (tertiary alicyclic amines) is 1. The number of hydrogen-bond acceptors (Lipinski definition) is 8. The number of nitrogens with one attached hydrogen (secondary N) is 1. The first-order valence-corrected chi connectivity index (χ1v) is 9.58. The van der Waals surface area contributed by atoms with Crippen LogP contribution in [0.15, 0.2) is 36.7 Å². The summed E-state index contributed by atoms with van der Waals surface area (Å²) in [5.74, 6) is 1.43. The van der Waals surface area contributed by atoms with E-state index in [4.69, 9.17) is 14.6 Å². The highest BCUT2D eigenvalue weighted by Gasteiger charge is 2.20. The molecule has 1 fully saturated rings. The fourth-order valence-electron chi connectivity index (χ4n) is 3.62. The van der Waals surface area contributed by atoms with E-state index in [0.29, 0.717) is 23.0 Å². The van der Waals surface area contributed by atoms with Crippen LogP contribution >= 0.6 is 0 Å². The molecule has 3 aromatic rings. The van der Waals surface area contributed by atoms with Gasteiger partial charge in [0.1, 0.15) is 17.2 Å². The summed E-state index contributed by atoms with van der Waals surface area (Å²) in [5.41, 5.74) is 1.24. The smallest absolute Gasteiger partial charge is 0.290 e. The number of nitrogens with zero attached hydrogens (tertiary/aromatic N) is 4. The number of fused-ring (bicyclic) bond motifs is 1. The average molecular weight is 411 g/mol.